The Balaban J connectivity index is 1.86. The van der Waals surface area contributed by atoms with Crippen molar-refractivity contribution < 1.29 is 4.79 Å². The zero-order valence-corrected chi connectivity index (χ0v) is 15.6. The SMILES string of the molecule is Cc1c(-c2cc(C(=O)Nc3c(C#N)cnn3C)c3ccccc3n2)cnn1C. The molecular formula is C20H17N7O. The first-order chi connectivity index (χ1) is 13.5. The molecule has 0 saturated carbocycles. The van der Waals surface area contributed by atoms with E-state index in [1.165, 1.54) is 10.9 Å². The van der Waals surface area contributed by atoms with Crippen LogP contribution in [0.15, 0.2) is 42.7 Å². The Morgan fingerprint density at radius 2 is 1.89 bits per heavy atom. The maximum Gasteiger partial charge on any atom is 0.257 e. The van der Waals surface area contributed by atoms with E-state index in [2.05, 4.69) is 15.5 Å². The van der Waals surface area contributed by atoms with Crippen LogP contribution < -0.4 is 5.32 Å². The van der Waals surface area contributed by atoms with Gasteiger partial charge in [0.1, 0.15) is 17.5 Å². The summed E-state index contributed by atoms with van der Waals surface area (Å²) in [6, 6.07) is 11.3. The third-order valence-corrected chi connectivity index (χ3v) is 4.76. The minimum absolute atomic E-state index is 0.303. The van der Waals surface area contributed by atoms with Crippen molar-refractivity contribution in [2.45, 2.75) is 6.92 Å². The molecule has 0 aliphatic carbocycles. The minimum Gasteiger partial charge on any atom is -0.306 e. The Labute approximate surface area is 161 Å². The van der Waals surface area contributed by atoms with Gasteiger partial charge in [-0.2, -0.15) is 15.5 Å². The Morgan fingerprint density at radius 3 is 2.61 bits per heavy atom. The third-order valence-electron chi connectivity index (χ3n) is 4.76. The molecule has 4 aromatic rings. The molecule has 4 rings (SSSR count). The summed E-state index contributed by atoms with van der Waals surface area (Å²) in [4.78, 5) is 17.8. The van der Waals surface area contributed by atoms with E-state index in [-0.39, 0.29) is 5.91 Å². The van der Waals surface area contributed by atoms with Gasteiger partial charge in [-0.15, -0.1) is 0 Å². The fraction of sp³-hybridized carbons (Fsp3) is 0.150. The number of benzene rings is 1. The molecule has 3 aromatic heterocycles. The quantitative estimate of drug-likeness (QED) is 0.597. The number of fused-ring (bicyclic) bond motifs is 1. The summed E-state index contributed by atoms with van der Waals surface area (Å²) in [5.74, 6) is 0.0222. The topological polar surface area (TPSA) is 101 Å². The van der Waals surface area contributed by atoms with E-state index < -0.39 is 0 Å². The molecule has 0 fully saturated rings. The minimum atomic E-state index is -0.332. The largest absolute Gasteiger partial charge is 0.306 e. The lowest BCUT2D eigenvalue weighted by Crippen LogP contribution is -2.16. The van der Waals surface area contributed by atoms with Gasteiger partial charge in [-0.25, -0.2) is 4.98 Å². The Kier molecular flexibility index (Phi) is 4.12. The summed E-state index contributed by atoms with van der Waals surface area (Å²) >= 11 is 0. The van der Waals surface area contributed by atoms with Crippen molar-refractivity contribution in [1.29, 1.82) is 5.26 Å². The van der Waals surface area contributed by atoms with Crippen LogP contribution in [0.5, 0.6) is 0 Å². The standard InChI is InChI=1S/C20H17N7O/c1-12-16(11-23-26(12)2)18-8-15(14-6-4-5-7-17(14)24-18)20(28)25-19-13(9-21)10-22-27(19)3/h4-8,10-11H,1-3H3,(H,25,28). The highest BCUT2D eigenvalue weighted by Crippen LogP contribution is 2.27. The molecule has 8 nitrogen and oxygen atoms in total. The van der Waals surface area contributed by atoms with E-state index in [1.54, 1.807) is 24.0 Å². The molecule has 138 valence electrons. The van der Waals surface area contributed by atoms with E-state index in [4.69, 9.17) is 4.98 Å². The highest BCUT2D eigenvalue weighted by Gasteiger charge is 2.18. The van der Waals surface area contributed by atoms with Crippen molar-refractivity contribution in [3.8, 4) is 17.3 Å². The number of aromatic nitrogens is 5. The van der Waals surface area contributed by atoms with Gasteiger partial charge in [-0.05, 0) is 19.1 Å². The molecule has 28 heavy (non-hydrogen) atoms. The maximum atomic E-state index is 13.1. The van der Waals surface area contributed by atoms with Crippen molar-refractivity contribution in [2.75, 3.05) is 5.32 Å². The van der Waals surface area contributed by atoms with Crippen LogP contribution in [0.2, 0.25) is 0 Å². The van der Waals surface area contributed by atoms with Crippen molar-refractivity contribution in [2.24, 2.45) is 14.1 Å². The molecule has 0 bridgehead atoms. The zero-order valence-electron chi connectivity index (χ0n) is 15.6. The van der Waals surface area contributed by atoms with Crippen molar-refractivity contribution in [1.82, 2.24) is 24.5 Å². The first-order valence-corrected chi connectivity index (χ1v) is 8.62. The molecule has 1 aromatic carbocycles. The lowest BCUT2D eigenvalue weighted by atomic mass is 10.0. The number of nitriles is 1. The summed E-state index contributed by atoms with van der Waals surface area (Å²) < 4.78 is 3.23. The normalized spacial score (nSPS) is 10.8. The van der Waals surface area contributed by atoms with Crippen LogP contribution in [0.4, 0.5) is 5.82 Å². The Hall–Kier alpha value is -3.99. The molecule has 8 heteroatoms. The van der Waals surface area contributed by atoms with Crippen LogP contribution >= 0.6 is 0 Å². The number of amides is 1. The average molecular weight is 371 g/mol. The van der Waals surface area contributed by atoms with Crippen molar-refractivity contribution >= 4 is 22.6 Å². The van der Waals surface area contributed by atoms with Gasteiger partial charge >= 0.3 is 0 Å². The van der Waals surface area contributed by atoms with Crippen LogP contribution in [-0.2, 0) is 14.1 Å². The van der Waals surface area contributed by atoms with Gasteiger partial charge in [-0.1, -0.05) is 18.2 Å². The van der Waals surface area contributed by atoms with Crippen LogP contribution in [0.3, 0.4) is 0 Å². The van der Waals surface area contributed by atoms with Crippen LogP contribution in [0.1, 0.15) is 21.6 Å². The molecule has 3 heterocycles. The molecule has 0 atom stereocenters. The van der Waals surface area contributed by atoms with E-state index >= 15 is 0 Å². The summed E-state index contributed by atoms with van der Waals surface area (Å²) in [7, 11) is 3.53. The number of carbonyl (C=O) groups is 1. The van der Waals surface area contributed by atoms with E-state index in [9.17, 15) is 10.1 Å². The zero-order chi connectivity index (χ0) is 19.8. The fourth-order valence-corrected chi connectivity index (χ4v) is 3.09. The van der Waals surface area contributed by atoms with E-state index in [0.717, 1.165) is 16.6 Å². The lowest BCUT2D eigenvalue weighted by Gasteiger charge is -2.11. The molecule has 0 aliphatic rings. The predicted molar refractivity (Wildman–Crippen MR) is 105 cm³/mol. The van der Waals surface area contributed by atoms with Gasteiger partial charge in [0, 0.05) is 30.7 Å². The van der Waals surface area contributed by atoms with Gasteiger partial charge in [0.2, 0.25) is 0 Å². The smallest absolute Gasteiger partial charge is 0.257 e. The number of nitrogens with one attached hydrogen (secondary N) is 1. The highest BCUT2D eigenvalue weighted by molar-refractivity contribution is 6.13. The van der Waals surface area contributed by atoms with Gasteiger partial charge < -0.3 is 5.32 Å². The van der Waals surface area contributed by atoms with Crippen molar-refractivity contribution in [3.63, 3.8) is 0 Å². The number of para-hydroxylation sites is 1. The van der Waals surface area contributed by atoms with Crippen molar-refractivity contribution in [3.05, 3.63) is 59.5 Å². The van der Waals surface area contributed by atoms with Gasteiger partial charge in [-0.3, -0.25) is 14.2 Å². The number of anilines is 1. The highest BCUT2D eigenvalue weighted by atomic mass is 16.1. The molecular weight excluding hydrogens is 354 g/mol. The molecule has 0 aliphatic heterocycles. The van der Waals surface area contributed by atoms with Crippen LogP contribution in [0.25, 0.3) is 22.2 Å². The van der Waals surface area contributed by atoms with Crippen LogP contribution in [0, 0.1) is 18.3 Å². The van der Waals surface area contributed by atoms with E-state index in [0.29, 0.717) is 28.2 Å². The molecule has 0 saturated heterocycles. The second-order valence-corrected chi connectivity index (χ2v) is 6.44. The Bertz CT molecular complexity index is 1260. The third kappa shape index (κ3) is 2.79. The molecule has 1 amide bonds. The predicted octanol–water partition coefficient (Wildman–Crippen LogP) is 2.80. The van der Waals surface area contributed by atoms with E-state index in [1.807, 2.05) is 44.3 Å². The Morgan fingerprint density at radius 1 is 1.14 bits per heavy atom. The summed E-state index contributed by atoms with van der Waals surface area (Å²) in [6.45, 7) is 1.95. The number of pyridine rings is 1. The second-order valence-electron chi connectivity index (χ2n) is 6.44. The number of nitrogens with zero attached hydrogens (tertiary/aromatic N) is 6. The summed E-state index contributed by atoms with van der Waals surface area (Å²) in [5, 5.41) is 21.1. The summed E-state index contributed by atoms with van der Waals surface area (Å²) in [6.07, 6.45) is 3.16. The van der Waals surface area contributed by atoms with Gasteiger partial charge in [0.15, 0.2) is 0 Å². The lowest BCUT2D eigenvalue weighted by molar-refractivity contribution is 0.102. The summed E-state index contributed by atoms with van der Waals surface area (Å²) in [5.41, 5.74) is 3.96. The molecule has 0 radical (unpaired) electrons. The second kappa shape index (κ2) is 6.63. The number of hydrogen-bond acceptors (Lipinski definition) is 5. The first-order valence-electron chi connectivity index (χ1n) is 8.62. The monoisotopic (exact) mass is 371 g/mol. The fourth-order valence-electron chi connectivity index (χ4n) is 3.09. The number of rotatable bonds is 3. The van der Waals surface area contributed by atoms with Gasteiger partial charge in [0.05, 0.1) is 29.2 Å². The van der Waals surface area contributed by atoms with Crippen LogP contribution in [-0.4, -0.2) is 30.5 Å². The number of hydrogen-bond donors (Lipinski definition) is 1. The maximum absolute atomic E-state index is 13.1. The number of carbonyl (C=O) groups excluding carboxylic acids is 1. The average Bonchev–Trinajstić information content (AvgIpc) is 3.23. The molecule has 0 spiro atoms. The molecule has 0 unspecified atom stereocenters. The molecule has 1 N–H and O–H groups in total. The van der Waals surface area contributed by atoms with Gasteiger partial charge in [0.25, 0.3) is 5.91 Å². The number of aryl methyl sites for hydroxylation is 2. The first kappa shape index (κ1) is 17.4.